The molecule has 0 radical (unpaired) electrons. The van der Waals surface area contributed by atoms with Crippen molar-refractivity contribution in [3.8, 4) is 11.5 Å². The van der Waals surface area contributed by atoms with E-state index in [1.165, 1.54) is 72.7 Å². The highest BCUT2D eigenvalue weighted by Gasteiger charge is 2.16. The number of nitrogens with one attached hydrogen (secondary N) is 1. The number of carbonyl (C=O) groups excluding carboxylic acids is 1. The van der Waals surface area contributed by atoms with Gasteiger partial charge in [0.05, 0.1) is 22.7 Å². The first kappa shape index (κ1) is 23.4. The van der Waals surface area contributed by atoms with Crippen LogP contribution < -0.4 is 19.1 Å². The minimum atomic E-state index is -3.86. The number of rotatable bonds is 8. The van der Waals surface area contributed by atoms with Crippen LogP contribution in [0.1, 0.15) is 0 Å². The second-order valence-electron chi connectivity index (χ2n) is 6.64. The minimum Gasteiger partial charge on any atom is -0.495 e. The molecule has 0 aliphatic rings. The standard InChI is InChI=1S/C22H20ClFN2O5S/c1-26(17-6-3-15(24)4-7-17)22(27)14-31-18-8-10-19(11-9-18)32(28,29)25-16-5-12-21(30-2)20(23)13-16/h3-13,25H,14H2,1-2H3. The molecule has 0 atom stereocenters. The van der Waals surface area contributed by atoms with Crippen LogP contribution >= 0.6 is 11.6 Å². The van der Waals surface area contributed by atoms with Crippen molar-refractivity contribution in [3.63, 3.8) is 0 Å². The van der Waals surface area contributed by atoms with Crippen LogP contribution in [0, 0.1) is 5.82 Å². The van der Waals surface area contributed by atoms with Crippen molar-refractivity contribution in [2.45, 2.75) is 4.90 Å². The van der Waals surface area contributed by atoms with Crippen LogP contribution in [-0.4, -0.2) is 35.1 Å². The van der Waals surface area contributed by atoms with Crippen LogP contribution in [0.4, 0.5) is 15.8 Å². The molecule has 0 saturated heterocycles. The number of methoxy groups -OCH3 is 1. The van der Waals surface area contributed by atoms with Gasteiger partial charge in [0.1, 0.15) is 17.3 Å². The second kappa shape index (κ2) is 9.88. The molecule has 0 heterocycles. The van der Waals surface area contributed by atoms with Crippen LogP contribution in [0.5, 0.6) is 11.5 Å². The molecule has 3 rings (SSSR count). The molecule has 0 fully saturated rings. The fourth-order valence-corrected chi connectivity index (χ4v) is 4.02. The van der Waals surface area contributed by atoms with Gasteiger partial charge in [0.2, 0.25) is 0 Å². The van der Waals surface area contributed by atoms with E-state index in [1.807, 2.05) is 0 Å². The Morgan fingerprint density at radius 3 is 2.31 bits per heavy atom. The van der Waals surface area contributed by atoms with E-state index in [9.17, 15) is 17.6 Å². The molecule has 0 unspecified atom stereocenters. The van der Waals surface area contributed by atoms with E-state index in [1.54, 1.807) is 13.1 Å². The smallest absolute Gasteiger partial charge is 0.264 e. The van der Waals surface area contributed by atoms with Crippen molar-refractivity contribution >= 4 is 38.9 Å². The Morgan fingerprint density at radius 1 is 1.06 bits per heavy atom. The molecule has 0 aliphatic carbocycles. The average Bonchev–Trinajstić information content (AvgIpc) is 2.77. The molecule has 3 aromatic rings. The first-order chi connectivity index (χ1) is 15.2. The third kappa shape index (κ3) is 5.68. The average molecular weight is 479 g/mol. The summed E-state index contributed by atoms with van der Waals surface area (Å²) >= 11 is 6.03. The summed E-state index contributed by atoms with van der Waals surface area (Å²) in [6.07, 6.45) is 0. The zero-order chi connectivity index (χ0) is 23.3. The van der Waals surface area contributed by atoms with Gasteiger partial charge in [-0.05, 0) is 66.7 Å². The molecule has 32 heavy (non-hydrogen) atoms. The van der Waals surface area contributed by atoms with Gasteiger partial charge in [-0.3, -0.25) is 9.52 Å². The van der Waals surface area contributed by atoms with Gasteiger partial charge in [-0.2, -0.15) is 0 Å². The lowest BCUT2D eigenvalue weighted by molar-refractivity contribution is -0.120. The van der Waals surface area contributed by atoms with E-state index in [2.05, 4.69) is 4.72 Å². The van der Waals surface area contributed by atoms with Gasteiger partial charge in [-0.25, -0.2) is 12.8 Å². The molecule has 0 aliphatic heterocycles. The van der Waals surface area contributed by atoms with Gasteiger partial charge in [0.15, 0.2) is 6.61 Å². The Labute approximate surface area is 190 Å². The molecular formula is C22H20ClFN2O5S. The van der Waals surface area contributed by atoms with E-state index < -0.39 is 15.8 Å². The Morgan fingerprint density at radius 2 is 1.72 bits per heavy atom. The molecular weight excluding hydrogens is 459 g/mol. The maximum absolute atomic E-state index is 13.0. The minimum absolute atomic E-state index is 0.00606. The quantitative estimate of drug-likeness (QED) is 0.521. The topological polar surface area (TPSA) is 84.9 Å². The summed E-state index contributed by atoms with van der Waals surface area (Å²) in [5.41, 5.74) is 0.803. The summed E-state index contributed by atoms with van der Waals surface area (Å²) < 4.78 is 51.2. The summed E-state index contributed by atoms with van der Waals surface area (Å²) in [6.45, 7) is -0.275. The molecule has 3 aromatic carbocycles. The molecule has 0 saturated carbocycles. The first-order valence-corrected chi connectivity index (χ1v) is 11.2. The summed E-state index contributed by atoms with van der Waals surface area (Å²) in [5.74, 6) is -0.00939. The van der Waals surface area contributed by atoms with E-state index >= 15 is 0 Å². The molecule has 1 N–H and O–H groups in total. The number of anilines is 2. The summed E-state index contributed by atoms with van der Waals surface area (Å²) in [4.78, 5) is 13.6. The van der Waals surface area contributed by atoms with Crippen molar-refractivity contribution in [1.82, 2.24) is 0 Å². The SMILES string of the molecule is COc1ccc(NS(=O)(=O)c2ccc(OCC(=O)N(C)c3ccc(F)cc3)cc2)cc1Cl. The fourth-order valence-electron chi connectivity index (χ4n) is 2.71. The number of amides is 1. The van der Waals surface area contributed by atoms with Crippen molar-refractivity contribution in [1.29, 1.82) is 0 Å². The molecule has 0 spiro atoms. The van der Waals surface area contributed by atoms with Crippen LogP contribution in [0.15, 0.2) is 71.6 Å². The number of sulfonamides is 1. The lowest BCUT2D eigenvalue weighted by Crippen LogP contribution is -2.31. The van der Waals surface area contributed by atoms with Crippen molar-refractivity contribution in [3.05, 3.63) is 77.6 Å². The predicted octanol–water partition coefficient (Wildman–Crippen LogP) is 4.33. The van der Waals surface area contributed by atoms with Gasteiger partial charge >= 0.3 is 0 Å². The highest BCUT2D eigenvalue weighted by Crippen LogP contribution is 2.28. The number of carbonyl (C=O) groups is 1. The first-order valence-electron chi connectivity index (χ1n) is 9.31. The number of likely N-dealkylation sites (N-methyl/N-ethyl adjacent to an activating group) is 1. The zero-order valence-electron chi connectivity index (χ0n) is 17.2. The largest absolute Gasteiger partial charge is 0.495 e. The Balaban J connectivity index is 1.62. The van der Waals surface area contributed by atoms with Gasteiger partial charge in [-0.15, -0.1) is 0 Å². The lowest BCUT2D eigenvalue weighted by atomic mass is 10.3. The van der Waals surface area contributed by atoms with Gasteiger partial charge in [-0.1, -0.05) is 11.6 Å². The number of nitrogens with zero attached hydrogens (tertiary/aromatic N) is 1. The number of halogens is 2. The van der Waals surface area contributed by atoms with Crippen molar-refractivity contribution < 1.29 is 27.1 Å². The predicted molar refractivity (Wildman–Crippen MR) is 121 cm³/mol. The molecule has 1 amide bonds. The molecule has 7 nitrogen and oxygen atoms in total. The van der Waals surface area contributed by atoms with E-state index in [-0.39, 0.29) is 28.1 Å². The van der Waals surface area contributed by atoms with Crippen LogP contribution in [-0.2, 0) is 14.8 Å². The van der Waals surface area contributed by atoms with Gasteiger partial charge < -0.3 is 14.4 Å². The summed E-state index contributed by atoms with van der Waals surface area (Å²) in [6, 6.07) is 15.6. The molecule has 10 heteroatoms. The van der Waals surface area contributed by atoms with E-state index in [0.29, 0.717) is 17.2 Å². The van der Waals surface area contributed by atoms with Crippen LogP contribution in [0.2, 0.25) is 5.02 Å². The molecule has 0 aromatic heterocycles. The van der Waals surface area contributed by atoms with Crippen molar-refractivity contribution in [2.24, 2.45) is 0 Å². The van der Waals surface area contributed by atoms with Crippen molar-refractivity contribution in [2.75, 3.05) is 30.4 Å². The Hall–Kier alpha value is -3.30. The van der Waals surface area contributed by atoms with E-state index in [0.717, 1.165) is 0 Å². The van der Waals surface area contributed by atoms with Gasteiger partial charge in [0.25, 0.3) is 15.9 Å². The molecule has 168 valence electrons. The van der Waals surface area contributed by atoms with Crippen LogP contribution in [0.3, 0.4) is 0 Å². The lowest BCUT2D eigenvalue weighted by Gasteiger charge is -2.17. The number of hydrogen-bond acceptors (Lipinski definition) is 5. The second-order valence-corrected chi connectivity index (χ2v) is 8.73. The maximum Gasteiger partial charge on any atom is 0.264 e. The summed E-state index contributed by atoms with van der Waals surface area (Å²) in [5, 5.41) is 0.270. The third-order valence-electron chi connectivity index (χ3n) is 4.49. The monoisotopic (exact) mass is 478 g/mol. The number of ether oxygens (including phenoxy) is 2. The van der Waals surface area contributed by atoms with Gasteiger partial charge in [0, 0.05) is 12.7 Å². The number of hydrogen-bond donors (Lipinski definition) is 1. The number of benzene rings is 3. The highest BCUT2D eigenvalue weighted by molar-refractivity contribution is 7.92. The summed E-state index contributed by atoms with van der Waals surface area (Å²) in [7, 11) is -0.853. The Kier molecular flexibility index (Phi) is 7.22. The Bertz CT molecular complexity index is 1200. The molecule has 0 bridgehead atoms. The fraction of sp³-hybridized carbons (Fsp3) is 0.136. The van der Waals surface area contributed by atoms with Crippen LogP contribution in [0.25, 0.3) is 0 Å². The highest BCUT2D eigenvalue weighted by atomic mass is 35.5. The normalized spacial score (nSPS) is 11.0. The maximum atomic E-state index is 13.0. The van der Waals surface area contributed by atoms with E-state index in [4.69, 9.17) is 21.1 Å². The zero-order valence-corrected chi connectivity index (χ0v) is 18.8. The third-order valence-corrected chi connectivity index (χ3v) is 6.18.